The Kier molecular flexibility index (Phi) is 7.80. The predicted octanol–water partition coefficient (Wildman–Crippen LogP) is 4.01. The van der Waals surface area contributed by atoms with E-state index in [4.69, 9.17) is 19.4 Å². The Bertz CT molecular complexity index is 642. The van der Waals surface area contributed by atoms with Gasteiger partial charge < -0.3 is 19.4 Å². The van der Waals surface area contributed by atoms with Crippen molar-refractivity contribution in [1.29, 1.82) is 0 Å². The number of aryl methyl sites for hydroxylation is 1. The summed E-state index contributed by atoms with van der Waals surface area (Å²) in [6.45, 7) is 8.39. The fourth-order valence-electron chi connectivity index (χ4n) is 3.07. The summed E-state index contributed by atoms with van der Waals surface area (Å²) in [5.41, 5.74) is 3.24. The second-order valence-corrected chi connectivity index (χ2v) is 7.20. The average molecular weight is 377 g/mol. The van der Waals surface area contributed by atoms with Gasteiger partial charge in [-0.25, -0.2) is 4.79 Å². The van der Waals surface area contributed by atoms with Crippen molar-refractivity contribution in [3.63, 3.8) is 0 Å². The number of carbonyl (C=O) groups is 1. The first-order chi connectivity index (χ1) is 12.9. The van der Waals surface area contributed by atoms with Crippen molar-refractivity contribution in [3.05, 3.63) is 35.4 Å². The third-order valence-corrected chi connectivity index (χ3v) is 5.08. The number of hydrogen-bond acceptors (Lipinski definition) is 5. The van der Waals surface area contributed by atoms with E-state index in [-0.39, 0.29) is 12.0 Å². The summed E-state index contributed by atoms with van der Waals surface area (Å²) in [5.74, 6) is -2.42. The maximum atomic E-state index is 11.2. The third kappa shape index (κ3) is 6.04. The van der Waals surface area contributed by atoms with Gasteiger partial charge in [-0.1, -0.05) is 36.3 Å². The maximum Gasteiger partial charge on any atom is 0.364 e. The van der Waals surface area contributed by atoms with E-state index in [2.05, 4.69) is 36.3 Å². The number of carboxylic acid groups (broad SMARTS) is 1. The van der Waals surface area contributed by atoms with Gasteiger partial charge in [0, 0.05) is 12.8 Å². The molecule has 150 valence electrons. The van der Waals surface area contributed by atoms with E-state index in [0.717, 1.165) is 37.0 Å². The lowest BCUT2D eigenvalue weighted by Crippen LogP contribution is -2.51. The Labute approximate surface area is 161 Å². The van der Waals surface area contributed by atoms with Crippen LogP contribution in [0.4, 0.5) is 0 Å². The number of hydrogen-bond donors (Lipinski definition) is 1. The number of nitrogens with zero attached hydrogens (tertiary/aromatic N) is 1. The zero-order valence-electron chi connectivity index (χ0n) is 16.7. The Hall–Kier alpha value is -1.92. The van der Waals surface area contributed by atoms with Crippen LogP contribution in [0.2, 0.25) is 0 Å². The summed E-state index contributed by atoms with van der Waals surface area (Å²) in [6, 6.07) is 8.35. The first-order valence-electron chi connectivity index (χ1n) is 9.66. The number of rotatable bonds is 9. The zero-order chi connectivity index (χ0) is 19.9. The smallest absolute Gasteiger partial charge is 0.364 e. The predicted molar refractivity (Wildman–Crippen MR) is 104 cm³/mol. The van der Waals surface area contributed by atoms with E-state index < -0.39 is 11.8 Å². The van der Waals surface area contributed by atoms with Crippen molar-refractivity contribution in [2.45, 2.75) is 65.3 Å². The van der Waals surface area contributed by atoms with Crippen molar-refractivity contribution in [3.8, 4) is 0 Å². The number of aliphatic carboxylic acids is 1. The molecule has 1 heterocycles. The molecule has 1 aliphatic rings. The Morgan fingerprint density at radius 1 is 1.33 bits per heavy atom. The molecule has 27 heavy (non-hydrogen) atoms. The Morgan fingerprint density at radius 2 is 2.04 bits per heavy atom. The molecule has 1 N–H and O–H groups in total. The summed E-state index contributed by atoms with van der Waals surface area (Å²) in [4.78, 5) is 16.6. The lowest BCUT2D eigenvalue weighted by Gasteiger charge is -2.39. The van der Waals surface area contributed by atoms with Crippen molar-refractivity contribution in [2.24, 2.45) is 11.1 Å². The van der Waals surface area contributed by atoms with Crippen LogP contribution in [-0.4, -0.2) is 41.9 Å². The van der Waals surface area contributed by atoms with Crippen molar-refractivity contribution in [2.75, 3.05) is 13.2 Å². The quantitative estimate of drug-likeness (QED) is 0.400. The molecule has 1 saturated heterocycles. The van der Waals surface area contributed by atoms with E-state index in [1.54, 1.807) is 0 Å². The highest BCUT2D eigenvalue weighted by molar-refractivity contribution is 5.98. The van der Waals surface area contributed by atoms with Gasteiger partial charge in [0.2, 0.25) is 0 Å². The molecule has 1 fully saturated rings. The summed E-state index contributed by atoms with van der Waals surface area (Å²) < 4.78 is 11.0. The van der Waals surface area contributed by atoms with Crippen molar-refractivity contribution in [1.82, 2.24) is 0 Å². The van der Waals surface area contributed by atoms with Gasteiger partial charge in [-0.15, -0.1) is 0 Å². The number of unbranched alkanes of at least 4 members (excludes halogenated alkanes) is 1. The molecule has 0 amide bonds. The molecule has 0 aliphatic carbocycles. The maximum absolute atomic E-state index is 11.2. The van der Waals surface area contributed by atoms with Gasteiger partial charge in [0.25, 0.3) is 5.79 Å². The molecule has 1 aliphatic heterocycles. The van der Waals surface area contributed by atoms with Crippen LogP contribution in [0, 0.1) is 5.92 Å². The molecule has 3 atom stereocenters. The Morgan fingerprint density at radius 3 is 2.63 bits per heavy atom. The van der Waals surface area contributed by atoms with Gasteiger partial charge in [0.15, 0.2) is 0 Å². The second-order valence-electron chi connectivity index (χ2n) is 7.20. The van der Waals surface area contributed by atoms with Crippen LogP contribution in [0.1, 0.15) is 58.1 Å². The van der Waals surface area contributed by atoms with Gasteiger partial charge in [-0.3, -0.25) is 0 Å². The Balaban J connectivity index is 1.66. The molecule has 6 heteroatoms. The summed E-state index contributed by atoms with van der Waals surface area (Å²) in [7, 11) is 0. The zero-order valence-corrected chi connectivity index (χ0v) is 16.7. The van der Waals surface area contributed by atoms with Gasteiger partial charge in [-0.2, -0.15) is 0 Å². The SMILES string of the molecule is CCc1ccc(C(C)=NOCCCCC2COC(C)(C(=O)O)OC2C)cc1. The minimum Gasteiger partial charge on any atom is -0.477 e. The van der Waals surface area contributed by atoms with Crippen molar-refractivity contribution >= 4 is 11.7 Å². The standard InChI is InChI=1S/C21H31NO5/c1-5-17-9-11-18(12-10-17)15(2)22-26-13-7-6-8-19-14-25-21(4,20(23)24)27-16(19)3/h9-12,16,19H,5-8,13-14H2,1-4H3,(H,23,24). The van der Waals surface area contributed by atoms with E-state index in [0.29, 0.717) is 13.2 Å². The molecule has 0 bridgehead atoms. The third-order valence-electron chi connectivity index (χ3n) is 5.08. The fourth-order valence-corrected chi connectivity index (χ4v) is 3.07. The number of benzene rings is 1. The number of ether oxygens (including phenoxy) is 2. The lowest BCUT2D eigenvalue weighted by atomic mass is 9.96. The van der Waals surface area contributed by atoms with E-state index in [9.17, 15) is 4.79 Å². The van der Waals surface area contributed by atoms with Crippen LogP contribution in [0.5, 0.6) is 0 Å². The van der Waals surface area contributed by atoms with Crippen LogP contribution in [0.3, 0.4) is 0 Å². The van der Waals surface area contributed by atoms with Gasteiger partial charge in [-0.05, 0) is 50.7 Å². The van der Waals surface area contributed by atoms with Gasteiger partial charge >= 0.3 is 5.97 Å². The first-order valence-corrected chi connectivity index (χ1v) is 9.66. The van der Waals surface area contributed by atoms with Crippen LogP contribution >= 0.6 is 0 Å². The van der Waals surface area contributed by atoms with E-state index >= 15 is 0 Å². The van der Waals surface area contributed by atoms with E-state index in [1.165, 1.54) is 12.5 Å². The summed E-state index contributed by atoms with van der Waals surface area (Å²) in [5, 5.41) is 13.3. The average Bonchev–Trinajstić information content (AvgIpc) is 2.65. The van der Waals surface area contributed by atoms with Crippen LogP contribution < -0.4 is 0 Å². The first kappa shape index (κ1) is 21.4. The molecular formula is C21H31NO5. The van der Waals surface area contributed by atoms with Gasteiger partial charge in [0.05, 0.1) is 18.4 Å². The highest BCUT2D eigenvalue weighted by atomic mass is 16.7. The number of carboxylic acids is 1. The van der Waals surface area contributed by atoms with E-state index in [1.807, 2.05) is 13.8 Å². The fraction of sp³-hybridized carbons (Fsp3) is 0.619. The molecule has 0 radical (unpaired) electrons. The second kappa shape index (κ2) is 9.85. The van der Waals surface area contributed by atoms with Crippen LogP contribution in [-0.2, 0) is 25.5 Å². The van der Waals surface area contributed by atoms with Crippen molar-refractivity contribution < 1.29 is 24.2 Å². The largest absolute Gasteiger partial charge is 0.477 e. The molecule has 1 aromatic carbocycles. The molecule has 0 saturated carbocycles. The molecule has 1 aromatic rings. The molecule has 2 rings (SSSR count). The highest BCUT2D eigenvalue weighted by Crippen LogP contribution is 2.29. The van der Waals surface area contributed by atoms with Crippen LogP contribution in [0.25, 0.3) is 0 Å². The molecule has 6 nitrogen and oxygen atoms in total. The number of oxime groups is 1. The normalized spacial score (nSPS) is 26.0. The van der Waals surface area contributed by atoms with Gasteiger partial charge in [0.1, 0.15) is 6.61 Å². The molecular weight excluding hydrogens is 346 g/mol. The minimum atomic E-state index is -1.53. The monoisotopic (exact) mass is 377 g/mol. The molecule has 0 aromatic heterocycles. The highest BCUT2D eigenvalue weighted by Gasteiger charge is 2.43. The summed E-state index contributed by atoms with van der Waals surface area (Å²) in [6.07, 6.45) is 3.61. The molecule has 0 spiro atoms. The minimum absolute atomic E-state index is 0.146. The van der Waals surface area contributed by atoms with Crippen LogP contribution in [0.15, 0.2) is 29.4 Å². The topological polar surface area (TPSA) is 77.4 Å². The lowest BCUT2D eigenvalue weighted by molar-refractivity contribution is -0.292. The summed E-state index contributed by atoms with van der Waals surface area (Å²) >= 11 is 0. The molecule has 3 unspecified atom stereocenters.